The molecule has 0 aliphatic carbocycles. The summed E-state index contributed by atoms with van der Waals surface area (Å²) < 4.78 is 6.83. The molecule has 1 N–H and O–H groups in total. The number of aryl methyl sites for hydroxylation is 2. The Kier molecular flexibility index (Phi) is 4.53. The topological polar surface area (TPSA) is 56.2 Å². The van der Waals surface area contributed by atoms with Crippen molar-refractivity contribution in [3.63, 3.8) is 0 Å². The van der Waals surface area contributed by atoms with Crippen LogP contribution in [0.4, 0.5) is 0 Å². The third-order valence-corrected chi connectivity index (χ3v) is 4.07. The van der Waals surface area contributed by atoms with Crippen LogP contribution >= 0.6 is 0 Å². The Morgan fingerprint density at radius 3 is 3.18 bits per heavy atom. The van der Waals surface area contributed by atoms with Crippen molar-refractivity contribution in [3.05, 3.63) is 57.5 Å². The number of hydrogen-bond acceptors (Lipinski definition) is 4. The second-order valence-corrected chi connectivity index (χ2v) is 5.56. The molecule has 1 aliphatic heterocycles. The molecule has 0 spiro atoms. The summed E-state index contributed by atoms with van der Waals surface area (Å²) in [6.45, 7) is 2.27. The van der Waals surface area contributed by atoms with Crippen LogP contribution in [0, 0.1) is 0 Å². The van der Waals surface area contributed by atoms with E-state index in [0.717, 1.165) is 49.2 Å². The first-order valence-corrected chi connectivity index (χ1v) is 7.69. The molecule has 2 aromatic rings. The Hall–Kier alpha value is -2.14. The highest BCUT2D eigenvalue weighted by molar-refractivity contribution is 5.28. The van der Waals surface area contributed by atoms with Crippen LogP contribution in [0.25, 0.3) is 0 Å². The number of hydrogen-bond donors (Lipinski definition) is 1. The van der Waals surface area contributed by atoms with Crippen molar-refractivity contribution in [2.24, 2.45) is 0 Å². The van der Waals surface area contributed by atoms with E-state index in [-0.39, 0.29) is 5.56 Å². The maximum Gasteiger partial charge on any atom is 0.270 e. The smallest absolute Gasteiger partial charge is 0.270 e. The average molecular weight is 299 g/mol. The largest absolute Gasteiger partial charge is 0.497 e. The highest BCUT2D eigenvalue weighted by Gasteiger charge is 2.14. The standard InChI is InChI=1S/C17H21N3O2/c1-22-15-6-2-4-13(10-15)5-3-9-20-17(21)16-7-8-18-11-14(16)12-19-20/h2,4,6,10,12,18H,3,5,7-9,11H2,1H3. The zero-order valence-corrected chi connectivity index (χ0v) is 12.8. The van der Waals surface area contributed by atoms with E-state index in [1.54, 1.807) is 11.8 Å². The number of methoxy groups -OCH3 is 1. The van der Waals surface area contributed by atoms with E-state index in [1.807, 2.05) is 24.4 Å². The van der Waals surface area contributed by atoms with Gasteiger partial charge in [0.1, 0.15) is 5.75 Å². The first-order chi connectivity index (χ1) is 10.8. The van der Waals surface area contributed by atoms with Crippen LogP contribution in [0.15, 0.2) is 35.3 Å². The molecule has 1 aromatic heterocycles. The Morgan fingerprint density at radius 2 is 2.32 bits per heavy atom. The number of aromatic nitrogens is 2. The minimum Gasteiger partial charge on any atom is -0.497 e. The van der Waals surface area contributed by atoms with Crippen LogP contribution in [-0.2, 0) is 25.9 Å². The molecule has 2 heterocycles. The molecule has 5 heteroatoms. The van der Waals surface area contributed by atoms with Crippen molar-refractivity contribution in [1.82, 2.24) is 15.1 Å². The quantitative estimate of drug-likeness (QED) is 0.910. The highest BCUT2D eigenvalue weighted by atomic mass is 16.5. The Labute approximate surface area is 129 Å². The molecule has 3 rings (SSSR count). The molecule has 0 radical (unpaired) electrons. The molecule has 22 heavy (non-hydrogen) atoms. The molecule has 0 bridgehead atoms. The van der Waals surface area contributed by atoms with Crippen LogP contribution in [0.3, 0.4) is 0 Å². The van der Waals surface area contributed by atoms with Gasteiger partial charge in [0.25, 0.3) is 5.56 Å². The van der Waals surface area contributed by atoms with E-state index >= 15 is 0 Å². The second-order valence-electron chi connectivity index (χ2n) is 5.56. The lowest BCUT2D eigenvalue weighted by molar-refractivity contribution is 0.414. The van der Waals surface area contributed by atoms with Crippen molar-refractivity contribution in [2.45, 2.75) is 32.4 Å². The van der Waals surface area contributed by atoms with Gasteiger partial charge >= 0.3 is 0 Å². The molecule has 0 amide bonds. The fourth-order valence-electron chi connectivity index (χ4n) is 2.84. The molecule has 0 fully saturated rings. The Morgan fingerprint density at radius 1 is 1.41 bits per heavy atom. The van der Waals surface area contributed by atoms with Gasteiger partial charge in [-0.25, -0.2) is 4.68 Å². The predicted octanol–water partition coefficient (Wildman–Crippen LogP) is 1.53. The normalized spacial score (nSPS) is 13.7. The minimum atomic E-state index is 0.0737. The lowest BCUT2D eigenvalue weighted by Gasteiger charge is -2.17. The van der Waals surface area contributed by atoms with Gasteiger partial charge in [0.15, 0.2) is 0 Å². The van der Waals surface area contributed by atoms with E-state index in [9.17, 15) is 4.79 Å². The van der Waals surface area contributed by atoms with E-state index < -0.39 is 0 Å². The SMILES string of the molecule is COc1cccc(CCCn2ncc3c(c2=O)CCNC3)c1. The summed E-state index contributed by atoms with van der Waals surface area (Å²) in [6, 6.07) is 8.05. The number of fused-ring (bicyclic) bond motifs is 1. The fraction of sp³-hybridized carbons (Fsp3) is 0.412. The van der Waals surface area contributed by atoms with E-state index in [2.05, 4.69) is 16.5 Å². The summed E-state index contributed by atoms with van der Waals surface area (Å²) >= 11 is 0. The molecule has 0 saturated heterocycles. The summed E-state index contributed by atoms with van der Waals surface area (Å²) in [5.41, 5.74) is 3.26. The molecule has 116 valence electrons. The average Bonchev–Trinajstić information content (AvgIpc) is 2.57. The van der Waals surface area contributed by atoms with Gasteiger partial charge in [0.05, 0.1) is 13.3 Å². The lowest BCUT2D eigenvalue weighted by atomic mass is 10.1. The molecule has 0 unspecified atom stereocenters. The summed E-state index contributed by atoms with van der Waals surface area (Å²) in [7, 11) is 1.67. The second kappa shape index (κ2) is 6.75. The molecule has 1 aliphatic rings. The van der Waals surface area contributed by atoms with Gasteiger partial charge in [-0.15, -0.1) is 0 Å². The third kappa shape index (κ3) is 3.20. The predicted molar refractivity (Wildman–Crippen MR) is 85.2 cm³/mol. The van der Waals surface area contributed by atoms with Crippen LogP contribution in [0.2, 0.25) is 0 Å². The maximum atomic E-state index is 12.4. The summed E-state index contributed by atoms with van der Waals surface area (Å²) in [5.74, 6) is 0.870. The summed E-state index contributed by atoms with van der Waals surface area (Å²) in [6.07, 6.45) is 4.42. The lowest BCUT2D eigenvalue weighted by Crippen LogP contribution is -2.34. The monoisotopic (exact) mass is 299 g/mol. The highest BCUT2D eigenvalue weighted by Crippen LogP contribution is 2.14. The first kappa shape index (κ1) is 14.8. The first-order valence-electron chi connectivity index (χ1n) is 7.69. The van der Waals surface area contributed by atoms with Gasteiger partial charge in [0.2, 0.25) is 0 Å². The van der Waals surface area contributed by atoms with E-state index in [4.69, 9.17) is 4.74 Å². The fourth-order valence-corrected chi connectivity index (χ4v) is 2.84. The molecule has 1 aromatic carbocycles. The summed E-state index contributed by atoms with van der Waals surface area (Å²) in [4.78, 5) is 12.4. The zero-order chi connectivity index (χ0) is 15.4. The van der Waals surface area contributed by atoms with Gasteiger partial charge < -0.3 is 10.1 Å². The zero-order valence-electron chi connectivity index (χ0n) is 12.8. The van der Waals surface area contributed by atoms with Crippen LogP contribution < -0.4 is 15.6 Å². The molecule has 0 atom stereocenters. The van der Waals surface area contributed by atoms with E-state index in [1.165, 1.54) is 5.56 Å². The van der Waals surface area contributed by atoms with Crippen LogP contribution in [0.1, 0.15) is 23.1 Å². The van der Waals surface area contributed by atoms with Gasteiger partial charge in [-0.1, -0.05) is 12.1 Å². The minimum absolute atomic E-state index is 0.0737. The molecular weight excluding hydrogens is 278 g/mol. The van der Waals surface area contributed by atoms with Gasteiger partial charge in [-0.2, -0.15) is 5.10 Å². The van der Waals surface area contributed by atoms with Gasteiger partial charge in [-0.05, 0) is 49.1 Å². The number of ether oxygens (including phenoxy) is 1. The van der Waals surface area contributed by atoms with Gasteiger partial charge in [-0.3, -0.25) is 4.79 Å². The van der Waals surface area contributed by atoms with Crippen molar-refractivity contribution in [1.29, 1.82) is 0 Å². The Balaban J connectivity index is 1.65. The maximum absolute atomic E-state index is 12.4. The molecule has 5 nitrogen and oxygen atoms in total. The van der Waals surface area contributed by atoms with Crippen molar-refractivity contribution in [2.75, 3.05) is 13.7 Å². The van der Waals surface area contributed by atoms with Crippen LogP contribution in [0.5, 0.6) is 5.75 Å². The number of nitrogens with zero attached hydrogens (tertiary/aromatic N) is 2. The number of benzene rings is 1. The van der Waals surface area contributed by atoms with E-state index in [0.29, 0.717) is 6.54 Å². The van der Waals surface area contributed by atoms with Crippen LogP contribution in [-0.4, -0.2) is 23.4 Å². The van der Waals surface area contributed by atoms with Crippen molar-refractivity contribution >= 4 is 0 Å². The van der Waals surface area contributed by atoms with Crippen molar-refractivity contribution in [3.8, 4) is 5.75 Å². The molecule has 0 saturated carbocycles. The molecular formula is C17H21N3O2. The van der Waals surface area contributed by atoms with Gasteiger partial charge in [0, 0.05) is 18.7 Å². The number of nitrogens with one attached hydrogen (secondary N) is 1. The summed E-state index contributed by atoms with van der Waals surface area (Å²) in [5, 5.41) is 7.56. The van der Waals surface area contributed by atoms with Crippen molar-refractivity contribution < 1.29 is 4.74 Å². The number of rotatable bonds is 5. The Bertz CT molecular complexity index is 709. The third-order valence-electron chi connectivity index (χ3n) is 4.07.